The summed E-state index contributed by atoms with van der Waals surface area (Å²) in [4.78, 5) is 16.3. The Morgan fingerprint density at radius 2 is 2.33 bits per heavy atom. The molecule has 1 aromatic heterocycles. The smallest absolute Gasteiger partial charge is 0.263 e. The third-order valence-electron chi connectivity index (χ3n) is 3.36. The zero-order chi connectivity index (χ0) is 15.4. The summed E-state index contributed by atoms with van der Waals surface area (Å²) in [5.41, 5.74) is 6.87. The lowest BCUT2D eigenvalue weighted by molar-refractivity contribution is 0.0958. The molecule has 1 amide bonds. The minimum absolute atomic E-state index is 0.0414. The number of thioether (sulfide) groups is 2. The van der Waals surface area contributed by atoms with Gasteiger partial charge in [0.2, 0.25) is 0 Å². The zero-order valence-corrected chi connectivity index (χ0v) is 15.2. The van der Waals surface area contributed by atoms with Gasteiger partial charge in [0.05, 0.1) is 10.6 Å². The first-order valence-electron chi connectivity index (χ1n) is 7.19. The van der Waals surface area contributed by atoms with Crippen LogP contribution in [-0.4, -0.2) is 42.8 Å². The van der Waals surface area contributed by atoms with Gasteiger partial charge in [-0.25, -0.2) is 0 Å². The second kappa shape index (κ2) is 7.65. The highest BCUT2D eigenvalue weighted by atomic mass is 32.2. The van der Waals surface area contributed by atoms with Crippen molar-refractivity contribution < 1.29 is 4.79 Å². The Kier molecular flexibility index (Phi) is 6.13. The minimum Gasteiger partial charge on any atom is -0.396 e. The number of carbonyl (C=O) groups is 1. The number of hydrogen-bond donors (Lipinski definition) is 2. The number of nitrogens with two attached hydrogens (primary N) is 1. The van der Waals surface area contributed by atoms with E-state index in [4.69, 9.17) is 5.73 Å². The molecule has 1 fully saturated rings. The lowest BCUT2D eigenvalue weighted by Crippen LogP contribution is -2.36. The molecule has 0 aromatic carbocycles. The summed E-state index contributed by atoms with van der Waals surface area (Å²) >= 11 is 5.18. The lowest BCUT2D eigenvalue weighted by Gasteiger charge is -2.31. The third kappa shape index (κ3) is 3.81. The van der Waals surface area contributed by atoms with E-state index in [1.807, 2.05) is 24.9 Å². The summed E-state index contributed by atoms with van der Waals surface area (Å²) < 4.78 is 0. The molecule has 0 bridgehead atoms. The van der Waals surface area contributed by atoms with E-state index >= 15 is 0 Å². The summed E-state index contributed by atoms with van der Waals surface area (Å²) in [6.07, 6.45) is 2.96. The van der Waals surface area contributed by atoms with Gasteiger partial charge in [-0.2, -0.15) is 11.8 Å². The number of amides is 1. The predicted octanol–water partition coefficient (Wildman–Crippen LogP) is 3.13. The third-order valence-corrected chi connectivity index (χ3v) is 6.71. The van der Waals surface area contributed by atoms with Crippen LogP contribution in [0.5, 0.6) is 0 Å². The monoisotopic (exact) mass is 345 g/mol. The van der Waals surface area contributed by atoms with E-state index in [2.05, 4.69) is 17.1 Å². The molecule has 7 heteroatoms. The Morgan fingerprint density at radius 1 is 1.57 bits per heavy atom. The van der Waals surface area contributed by atoms with E-state index in [1.54, 1.807) is 11.8 Å². The Hall–Kier alpha value is -0.530. The molecule has 4 nitrogen and oxygen atoms in total. The average Bonchev–Trinajstić information content (AvgIpc) is 2.81. The number of anilines is 2. The molecule has 0 spiro atoms. The Bertz CT molecular complexity index is 504. The fourth-order valence-electron chi connectivity index (χ4n) is 2.31. The molecule has 1 unspecified atom stereocenters. The topological polar surface area (TPSA) is 58.4 Å². The van der Waals surface area contributed by atoms with Gasteiger partial charge in [0, 0.05) is 30.6 Å². The Labute approximate surface area is 139 Å². The minimum atomic E-state index is -0.0414. The molecular formula is C14H23N3OS3. The number of nitrogen functional groups attached to an aromatic ring is 1. The molecule has 0 aliphatic carbocycles. The highest BCUT2D eigenvalue weighted by Crippen LogP contribution is 2.44. The van der Waals surface area contributed by atoms with Crippen molar-refractivity contribution in [3.05, 3.63) is 4.88 Å². The molecule has 1 atom stereocenters. The van der Waals surface area contributed by atoms with E-state index in [9.17, 15) is 4.79 Å². The van der Waals surface area contributed by atoms with Crippen molar-refractivity contribution in [2.24, 2.45) is 0 Å². The normalized spacial score (nSPS) is 18.8. The quantitative estimate of drug-likeness (QED) is 0.803. The number of rotatable bonds is 5. The molecule has 2 heterocycles. The molecule has 21 heavy (non-hydrogen) atoms. The second-order valence-electron chi connectivity index (χ2n) is 5.07. The SMILES string of the molecule is CCCNC(=O)c1sc(N2CCSC(C)C2)c(SC)c1N. The summed E-state index contributed by atoms with van der Waals surface area (Å²) in [5.74, 6) is 1.09. The Balaban J connectivity index is 2.27. The standard InChI is InChI=1S/C14H23N3OS3/c1-4-5-16-13(18)11-10(15)12(19-3)14(21-11)17-6-7-20-9(2)8-17/h9H,4-8,15H2,1-3H3,(H,16,18). The molecule has 0 saturated carbocycles. The first-order chi connectivity index (χ1) is 10.1. The van der Waals surface area contributed by atoms with Crippen LogP contribution in [0.25, 0.3) is 0 Å². The van der Waals surface area contributed by atoms with Gasteiger partial charge < -0.3 is 16.0 Å². The highest BCUT2D eigenvalue weighted by molar-refractivity contribution is 8.00. The van der Waals surface area contributed by atoms with Crippen LogP contribution in [0, 0.1) is 0 Å². The van der Waals surface area contributed by atoms with Crippen LogP contribution in [0.15, 0.2) is 4.90 Å². The van der Waals surface area contributed by atoms with Gasteiger partial charge in [0.15, 0.2) is 0 Å². The van der Waals surface area contributed by atoms with Gasteiger partial charge in [-0.1, -0.05) is 13.8 Å². The van der Waals surface area contributed by atoms with Crippen LogP contribution in [-0.2, 0) is 0 Å². The largest absolute Gasteiger partial charge is 0.396 e. The van der Waals surface area contributed by atoms with E-state index in [0.717, 1.165) is 35.2 Å². The molecule has 1 aliphatic heterocycles. The second-order valence-corrected chi connectivity index (χ2v) is 8.43. The molecule has 1 saturated heterocycles. The van der Waals surface area contributed by atoms with Crippen LogP contribution in [0.1, 0.15) is 29.9 Å². The number of nitrogens with one attached hydrogen (secondary N) is 1. The summed E-state index contributed by atoms with van der Waals surface area (Å²) in [6, 6.07) is 0. The number of nitrogens with zero attached hydrogens (tertiary/aromatic N) is 1. The van der Waals surface area contributed by atoms with Crippen molar-refractivity contribution in [3.63, 3.8) is 0 Å². The predicted molar refractivity (Wildman–Crippen MR) is 97.3 cm³/mol. The van der Waals surface area contributed by atoms with Gasteiger partial charge >= 0.3 is 0 Å². The molecule has 2 rings (SSSR count). The van der Waals surface area contributed by atoms with Gasteiger partial charge in [0.25, 0.3) is 5.91 Å². The van der Waals surface area contributed by atoms with E-state index < -0.39 is 0 Å². The maximum atomic E-state index is 12.2. The molecule has 0 radical (unpaired) electrons. The average molecular weight is 346 g/mol. The van der Waals surface area contributed by atoms with Crippen LogP contribution < -0.4 is 16.0 Å². The van der Waals surface area contributed by atoms with E-state index in [1.165, 1.54) is 11.3 Å². The molecule has 1 aromatic rings. The van der Waals surface area contributed by atoms with Crippen LogP contribution >= 0.6 is 34.9 Å². The van der Waals surface area contributed by atoms with Crippen molar-refractivity contribution in [3.8, 4) is 0 Å². The maximum absolute atomic E-state index is 12.2. The molecule has 1 aliphatic rings. The number of hydrogen-bond acceptors (Lipinski definition) is 6. The van der Waals surface area contributed by atoms with Gasteiger partial charge in [0.1, 0.15) is 9.88 Å². The fourth-order valence-corrected chi connectivity index (χ4v) is 5.46. The maximum Gasteiger partial charge on any atom is 0.263 e. The van der Waals surface area contributed by atoms with Crippen LogP contribution in [0.2, 0.25) is 0 Å². The fraction of sp³-hybridized carbons (Fsp3) is 0.643. The first-order valence-corrected chi connectivity index (χ1v) is 10.3. The van der Waals surface area contributed by atoms with Crippen LogP contribution in [0.3, 0.4) is 0 Å². The van der Waals surface area contributed by atoms with Crippen molar-refractivity contribution >= 4 is 51.5 Å². The van der Waals surface area contributed by atoms with E-state index in [0.29, 0.717) is 22.4 Å². The summed E-state index contributed by atoms with van der Waals surface area (Å²) in [7, 11) is 0. The number of carbonyl (C=O) groups excluding carboxylic acids is 1. The van der Waals surface area contributed by atoms with Crippen LogP contribution in [0.4, 0.5) is 10.7 Å². The van der Waals surface area contributed by atoms with Crippen molar-refractivity contribution in [1.29, 1.82) is 0 Å². The van der Waals surface area contributed by atoms with Gasteiger partial charge in [-0.3, -0.25) is 4.79 Å². The van der Waals surface area contributed by atoms with Crippen molar-refractivity contribution in [2.45, 2.75) is 30.4 Å². The van der Waals surface area contributed by atoms with Crippen molar-refractivity contribution in [2.75, 3.05) is 42.3 Å². The molecule has 118 valence electrons. The van der Waals surface area contributed by atoms with E-state index in [-0.39, 0.29) is 5.91 Å². The summed E-state index contributed by atoms with van der Waals surface area (Å²) in [5, 5.41) is 4.71. The number of thiophene rings is 1. The molecule has 3 N–H and O–H groups in total. The van der Waals surface area contributed by atoms with Crippen molar-refractivity contribution in [1.82, 2.24) is 5.32 Å². The van der Waals surface area contributed by atoms with Gasteiger partial charge in [-0.05, 0) is 12.7 Å². The highest BCUT2D eigenvalue weighted by Gasteiger charge is 2.26. The zero-order valence-electron chi connectivity index (χ0n) is 12.8. The first kappa shape index (κ1) is 16.8. The molecular weight excluding hydrogens is 322 g/mol. The summed E-state index contributed by atoms with van der Waals surface area (Å²) in [6.45, 7) is 7.04. The van der Waals surface area contributed by atoms with Gasteiger partial charge in [-0.15, -0.1) is 23.1 Å². The Morgan fingerprint density at radius 3 is 2.95 bits per heavy atom. The lowest BCUT2D eigenvalue weighted by atomic mass is 10.3.